The largest absolute Gasteiger partial charge is 0.417 e. The van der Waals surface area contributed by atoms with Gasteiger partial charge in [0.1, 0.15) is 5.69 Å². The zero-order valence-electron chi connectivity index (χ0n) is 6.85. The average molecular weight is 202 g/mol. The third-order valence-electron chi connectivity index (χ3n) is 1.95. The van der Waals surface area contributed by atoms with Crippen molar-refractivity contribution in [3.63, 3.8) is 0 Å². The second-order valence-electron chi connectivity index (χ2n) is 2.91. The molecule has 0 saturated carbocycles. The van der Waals surface area contributed by atoms with Gasteiger partial charge < -0.3 is 5.32 Å². The predicted molar refractivity (Wildman–Crippen MR) is 40.4 cm³/mol. The van der Waals surface area contributed by atoms with E-state index in [0.717, 1.165) is 6.07 Å². The molecule has 74 valence electrons. The zero-order chi connectivity index (χ0) is 10.3. The van der Waals surface area contributed by atoms with Crippen LogP contribution >= 0.6 is 0 Å². The third-order valence-corrected chi connectivity index (χ3v) is 1.95. The summed E-state index contributed by atoms with van der Waals surface area (Å²) < 4.78 is 36.6. The number of amides is 1. The van der Waals surface area contributed by atoms with Crippen LogP contribution in [0.25, 0.3) is 0 Å². The Labute approximate surface area is 76.9 Å². The highest BCUT2D eigenvalue weighted by Gasteiger charge is 2.33. The number of hydrogen-bond donors (Lipinski definition) is 1. The van der Waals surface area contributed by atoms with Gasteiger partial charge in [0.2, 0.25) is 0 Å². The van der Waals surface area contributed by atoms with E-state index in [1.165, 1.54) is 0 Å². The molecular weight excluding hydrogens is 197 g/mol. The molecule has 0 fully saturated rings. The van der Waals surface area contributed by atoms with Gasteiger partial charge in [-0.1, -0.05) is 0 Å². The molecule has 6 heteroatoms. The molecule has 0 radical (unpaired) electrons. The zero-order valence-corrected chi connectivity index (χ0v) is 6.85. The average Bonchev–Trinajstić information content (AvgIpc) is 2.46. The van der Waals surface area contributed by atoms with E-state index in [1.54, 1.807) is 0 Å². The van der Waals surface area contributed by atoms with E-state index in [4.69, 9.17) is 0 Å². The van der Waals surface area contributed by atoms with E-state index < -0.39 is 17.6 Å². The van der Waals surface area contributed by atoms with E-state index in [9.17, 15) is 18.0 Å². The van der Waals surface area contributed by atoms with Crippen LogP contribution in [-0.2, 0) is 12.7 Å². The van der Waals surface area contributed by atoms with Crippen LogP contribution in [0.3, 0.4) is 0 Å². The fraction of sp³-hybridized carbons (Fsp3) is 0.250. The van der Waals surface area contributed by atoms with Crippen molar-refractivity contribution < 1.29 is 18.0 Å². The van der Waals surface area contributed by atoms with Crippen molar-refractivity contribution in [1.82, 2.24) is 10.3 Å². The molecule has 2 heterocycles. The first-order chi connectivity index (χ1) is 6.48. The number of fused-ring (bicyclic) bond motifs is 1. The van der Waals surface area contributed by atoms with Crippen LogP contribution in [0, 0.1) is 0 Å². The first-order valence-electron chi connectivity index (χ1n) is 3.83. The summed E-state index contributed by atoms with van der Waals surface area (Å²) in [5.74, 6) is -0.422. The van der Waals surface area contributed by atoms with Gasteiger partial charge >= 0.3 is 6.18 Å². The normalized spacial score (nSPS) is 15.2. The molecule has 0 atom stereocenters. The SMILES string of the molecule is O=C1NCc2cc(C(F)(F)F)cnc21. The molecule has 0 saturated heterocycles. The fourth-order valence-corrected chi connectivity index (χ4v) is 1.26. The van der Waals surface area contributed by atoms with Crippen molar-refractivity contribution in [1.29, 1.82) is 0 Å². The molecule has 0 aromatic carbocycles. The lowest BCUT2D eigenvalue weighted by molar-refractivity contribution is -0.137. The number of nitrogens with zero attached hydrogens (tertiary/aromatic N) is 1. The molecule has 2 rings (SSSR count). The van der Waals surface area contributed by atoms with Gasteiger partial charge in [-0.2, -0.15) is 13.2 Å². The Morgan fingerprint density at radius 1 is 1.43 bits per heavy atom. The van der Waals surface area contributed by atoms with Crippen molar-refractivity contribution in [2.75, 3.05) is 0 Å². The van der Waals surface area contributed by atoms with E-state index >= 15 is 0 Å². The maximum Gasteiger partial charge on any atom is 0.417 e. The molecular formula is C8H5F3N2O. The molecule has 0 spiro atoms. The monoisotopic (exact) mass is 202 g/mol. The Morgan fingerprint density at radius 2 is 2.14 bits per heavy atom. The maximum absolute atomic E-state index is 12.2. The summed E-state index contributed by atoms with van der Waals surface area (Å²) in [6.45, 7) is 0.116. The third kappa shape index (κ3) is 1.32. The smallest absolute Gasteiger partial charge is 0.347 e. The lowest BCUT2D eigenvalue weighted by Gasteiger charge is -2.06. The quantitative estimate of drug-likeness (QED) is 0.689. The number of aromatic nitrogens is 1. The predicted octanol–water partition coefficient (Wildman–Crippen LogP) is 1.34. The number of rotatable bonds is 0. The number of carbonyl (C=O) groups is 1. The number of halogens is 3. The summed E-state index contributed by atoms with van der Waals surface area (Å²) in [6.07, 6.45) is -3.74. The summed E-state index contributed by atoms with van der Waals surface area (Å²) in [4.78, 5) is 14.4. The van der Waals surface area contributed by atoms with Crippen LogP contribution in [0.5, 0.6) is 0 Å². The minimum Gasteiger partial charge on any atom is -0.347 e. The molecule has 1 N–H and O–H groups in total. The number of carbonyl (C=O) groups excluding carboxylic acids is 1. The molecule has 1 amide bonds. The maximum atomic E-state index is 12.2. The molecule has 1 aliphatic rings. The summed E-state index contributed by atoms with van der Waals surface area (Å²) in [5, 5.41) is 2.39. The van der Waals surface area contributed by atoms with Gasteiger partial charge in [-0.3, -0.25) is 9.78 Å². The Hall–Kier alpha value is -1.59. The second-order valence-corrected chi connectivity index (χ2v) is 2.91. The number of alkyl halides is 3. The fourth-order valence-electron chi connectivity index (χ4n) is 1.26. The molecule has 14 heavy (non-hydrogen) atoms. The number of nitrogens with one attached hydrogen (secondary N) is 1. The van der Waals surface area contributed by atoms with E-state index in [2.05, 4.69) is 10.3 Å². The Bertz CT molecular complexity index is 400. The molecule has 1 aromatic rings. The summed E-state index contributed by atoms with van der Waals surface area (Å²) in [7, 11) is 0. The number of hydrogen-bond acceptors (Lipinski definition) is 2. The summed E-state index contributed by atoms with van der Waals surface area (Å²) >= 11 is 0. The molecule has 3 nitrogen and oxygen atoms in total. The van der Waals surface area contributed by atoms with Gasteiger partial charge in [0.25, 0.3) is 5.91 Å². The van der Waals surface area contributed by atoms with Gasteiger partial charge in [0, 0.05) is 18.3 Å². The summed E-state index contributed by atoms with van der Waals surface area (Å²) in [5.41, 5.74) is -0.449. The minimum atomic E-state index is -4.41. The minimum absolute atomic E-state index is 0.0815. The van der Waals surface area contributed by atoms with Crippen molar-refractivity contribution in [3.05, 3.63) is 29.1 Å². The van der Waals surface area contributed by atoms with Gasteiger partial charge in [-0.15, -0.1) is 0 Å². The molecule has 0 unspecified atom stereocenters. The van der Waals surface area contributed by atoms with Crippen molar-refractivity contribution in [3.8, 4) is 0 Å². The lowest BCUT2D eigenvalue weighted by atomic mass is 10.1. The van der Waals surface area contributed by atoms with Crippen LogP contribution in [0.2, 0.25) is 0 Å². The lowest BCUT2D eigenvalue weighted by Crippen LogP contribution is -2.13. The van der Waals surface area contributed by atoms with E-state index in [1.807, 2.05) is 0 Å². The first kappa shape index (κ1) is 8.98. The summed E-state index contributed by atoms with van der Waals surface area (Å²) in [6, 6.07) is 0.945. The Kier molecular flexibility index (Phi) is 1.73. The Morgan fingerprint density at radius 3 is 2.79 bits per heavy atom. The Balaban J connectivity index is 2.47. The highest BCUT2D eigenvalue weighted by Crippen LogP contribution is 2.30. The molecule has 1 aromatic heterocycles. The highest BCUT2D eigenvalue weighted by atomic mass is 19.4. The van der Waals surface area contributed by atoms with Crippen molar-refractivity contribution in [2.24, 2.45) is 0 Å². The topological polar surface area (TPSA) is 42.0 Å². The van der Waals surface area contributed by atoms with Crippen molar-refractivity contribution >= 4 is 5.91 Å². The van der Waals surface area contributed by atoms with Gasteiger partial charge in [-0.05, 0) is 6.07 Å². The second kappa shape index (κ2) is 2.70. The van der Waals surface area contributed by atoms with Crippen LogP contribution in [0.1, 0.15) is 21.6 Å². The molecule has 0 bridgehead atoms. The molecule has 1 aliphatic heterocycles. The van der Waals surface area contributed by atoms with Gasteiger partial charge in [0.05, 0.1) is 5.56 Å². The van der Waals surface area contributed by atoms with Crippen LogP contribution in [-0.4, -0.2) is 10.9 Å². The van der Waals surface area contributed by atoms with E-state index in [0.29, 0.717) is 11.8 Å². The molecule has 0 aliphatic carbocycles. The number of pyridine rings is 1. The highest BCUT2D eigenvalue weighted by molar-refractivity contribution is 5.96. The van der Waals surface area contributed by atoms with Crippen molar-refractivity contribution in [2.45, 2.75) is 12.7 Å². The van der Waals surface area contributed by atoms with Gasteiger partial charge in [0.15, 0.2) is 0 Å². The van der Waals surface area contributed by atoms with Crippen LogP contribution in [0.15, 0.2) is 12.3 Å². The van der Waals surface area contributed by atoms with E-state index in [-0.39, 0.29) is 12.2 Å². The van der Waals surface area contributed by atoms with Crippen LogP contribution in [0.4, 0.5) is 13.2 Å². The standard InChI is InChI=1S/C8H5F3N2O/c9-8(10,11)5-1-4-2-13-7(14)6(4)12-3-5/h1,3H,2H2,(H,13,14). The van der Waals surface area contributed by atoms with Crippen LogP contribution < -0.4 is 5.32 Å². The van der Waals surface area contributed by atoms with Gasteiger partial charge in [-0.25, -0.2) is 0 Å². The first-order valence-corrected chi connectivity index (χ1v) is 3.83.